The predicted octanol–water partition coefficient (Wildman–Crippen LogP) is 0.848. The SMILES string of the molecule is CCn1c(=O)n(CC(=O)N2CCN(c3ncnc4c3cnn4C)CC2)c2ccccc21. The first-order valence-electron chi connectivity index (χ1n) is 10.4. The first kappa shape index (κ1) is 19.3. The number of hydrogen-bond donors (Lipinski definition) is 0. The number of benzene rings is 1. The third-order valence-corrected chi connectivity index (χ3v) is 5.98. The van der Waals surface area contributed by atoms with Crippen molar-refractivity contribution in [2.45, 2.75) is 20.0 Å². The van der Waals surface area contributed by atoms with Gasteiger partial charge in [-0.3, -0.25) is 18.6 Å². The van der Waals surface area contributed by atoms with E-state index >= 15 is 0 Å². The standard InChI is InChI=1S/C21H24N8O2/c1-3-28-16-6-4-5-7-17(16)29(21(28)31)13-18(30)26-8-10-27(11-9-26)20-15-12-24-25(2)19(15)22-14-23-20/h4-7,12,14H,3,8-11,13H2,1-2H3. The van der Waals surface area contributed by atoms with Gasteiger partial charge in [-0.25, -0.2) is 14.8 Å². The van der Waals surface area contributed by atoms with Crippen LogP contribution in [0.5, 0.6) is 0 Å². The van der Waals surface area contributed by atoms with E-state index in [1.54, 1.807) is 26.3 Å². The van der Waals surface area contributed by atoms with E-state index in [4.69, 9.17) is 0 Å². The van der Waals surface area contributed by atoms with E-state index in [1.807, 2.05) is 43.1 Å². The fourth-order valence-corrected chi connectivity index (χ4v) is 4.34. The minimum atomic E-state index is -0.143. The first-order chi connectivity index (χ1) is 15.1. The molecule has 1 aromatic carbocycles. The summed E-state index contributed by atoms with van der Waals surface area (Å²) in [5.74, 6) is 0.794. The van der Waals surface area contributed by atoms with Crippen LogP contribution in [0.25, 0.3) is 22.1 Å². The van der Waals surface area contributed by atoms with E-state index in [0.29, 0.717) is 32.7 Å². The zero-order chi connectivity index (χ0) is 21.5. The van der Waals surface area contributed by atoms with Crippen LogP contribution in [-0.2, 0) is 24.9 Å². The van der Waals surface area contributed by atoms with Gasteiger partial charge in [-0.1, -0.05) is 12.1 Å². The summed E-state index contributed by atoms with van der Waals surface area (Å²) in [5.41, 5.74) is 2.30. The van der Waals surface area contributed by atoms with Crippen molar-refractivity contribution in [1.29, 1.82) is 0 Å². The lowest BCUT2D eigenvalue weighted by Crippen LogP contribution is -2.50. The molecule has 1 amide bonds. The van der Waals surface area contributed by atoms with Crippen LogP contribution in [0.4, 0.5) is 5.82 Å². The maximum atomic E-state index is 13.0. The molecule has 4 heterocycles. The van der Waals surface area contributed by atoms with Gasteiger partial charge in [-0.15, -0.1) is 0 Å². The molecule has 5 rings (SSSR count). The normalized spacial score (nSPS) is 14.6. The first-order valence-corrected chi connectivity index (χ1v) is 10.4. The third-order valence-electron chi connectivity index (χ3n) is 5.98. The van der Waals surface area contributed by atoms with Crippen LogP contribution in [-0.4, -0.2) is 65.9 Å². The highest BCUT2D eigenvalue weighted by Gasteiger charge is 2.25. The summed E-state index contributed by atoms with van der Waals surface area (Å²) in [7, 11) is 1.85. The van der Waals surface area contributed by atoms with Crippen molar-refractivity contribution in [3.05, 3.63) is 47.3 Å². The van der Waals surface area contributed by atoms with Gasteiger partial charge in [0, 0.05) is 39.8 Å². The summed E-state index contributed by atoms with van der Waals surface area (Å²) in [6, 6.07) is 7.61. The second kappa shape index (κ2) is 7.53. The lowest BCUT2D eigenvalue weighted by Gasteiger charge is -2.35. The molecule has 31 heavy (non-hydrogen) atoms. The third kappa shape index (κ3) is 3.15. The second-order valence-electron chi connectivity index (χ2n) is 7.67. The van der Waals surface area contributed by atoms with Crippen LogP contribution in [0.15, 0.2) is 41.6 Å². The number of hydrogen-bond acceptors (Lipinski definition) is 6. The number of carbonyl (C=O) groups is 1. The molecule has 1 fully saturated rings. The predicted molar refractivity (Wildman–Crippen MR) is 117 cm³/mol. The van der Waals surface area contributed by atoms with Gasteiger partial charge in [0.2, 0.25) is 5.91 Å². The van der Waals surface area contributed by atoms with Crippen LogP contribution in [0, 0.1) is 0 Å². The minimum Gasteiger partial charge on any atom is -0.352 e. The molecule has 1 aliphatic heterocycles. The largest absolute Gasteiger partial charge is 0.352 e. The Hall–Kier alpha value is -3.69. The number of fused-ring (bicyclic) bond motifs is 2. The van der Waals surface area contributed by atoms with Crippen molar-refractivity contribution in [2.24, 2.45) is 7.05 Å². The Morgan fingerprint density at radius 1 is 1.03 bits per heavy atom. The van der Waals surface area contributed by atoms with Gasteiger partial charge >= 0.3 is 5.69 Å². The second-order valence-corrected chi connectivity index (χ2v) is 7.67. The fourth-order valence-electron chi connectivity index (χ4n) is 4.34. The highest BCUT2D eigenvalue weighted by atomic mass is 16.2. The number of amides is 1. The number of aryl methyl sites for hydroxylation is 2. The maximum absolute atomic E-state index is 13.0. The van der Waals surface area contributed by atoms with Crippen LogP contribution in [0.1, 0.15) is 6.92 Å². The molecular formula is C21H24N8O2. The fraction of sp³-hybridized carbons (Fsp3) is 0.381. The lowest BCUT2D eigenvalue weighted by molar-refractivity contribution is -0.132. The van der Waals surface area contributed by atoms with Crippen molar-refractivity contribution < 1.29 is 4.79 Å². The molecule has 0 saturated carbocycles. The van der Waals surface area contributed by atoms with E-state index < -0.39 is 0 Å². The van der Waals surface area contributed by atoms with Gasteiger partial charge in [-0.2, -0.15) is 5.10 Å². The van der Waals surface area contributed by atoms with E-state index in [0.717, 1.165) is 27.9 Å². The number of imidazole rings is 1. The number of piperazine rings is 1. The molecular weight excluding hydrogens is 396 g/mol. The lowest BCUT2D eigenvalue weighted by atomic mass is 10.2. The van der Waals surface area contributed by atoms with Crippen LogP contribution < -0.4 is 10.6 Å². The molecule has 0 bridgehead atoms. The summed E-state index contributed by atoms with van der Waals surface area (Å²) in [5, 5.41) is 5.18. The molecule has 0 radical (unpaired) electrons. The van der Waals surface area contributed by atoms with Crippen molar-refractivity contribution >= 4 is 33.8 Å². The smallest absolute Gasteiger partial charge is 0.329 e. The topological polar surface area (TPSA) is 94.1 Å². The van der Waals surface area contributed by atoms with Gasteiger partial charge in [0.1, 0.15) is 18.7 Å². The van der Waals surface area contributed by atoms with Crippen molar-refractivity contribution in [3.63, 3.8) is 0 Å². The monoisotopic (exact) mass is 420 g/mol. The molecule has 0 N–H and O–H groups in total. The zero-order valence-electron chi connectivity index (χ0n) is 17.6. The van der Waals surface area contributed by atoms with Crippen molar-refractivity contribution in [2.75, 3.05) is 31.1 Å². The van der Waals surface area contributed by atoms with Gasteiger partial charge < -0.3 is 9.80 Å². The summed E-state index contributed by atoms with van der Waals surface area (Å²) in [6.45, 7) is 5.04. The summed E-state index contributed by atoms with van der Waals surface area (Å²) < 4.78 is 5.01. The molecule has 1 saturated heterocycles. The summed E-state index contributed by atoms with van der Waals surface area (Å²) >= 11 is 0. The Morgan fingerprint density at radius 3 is 2.45 bits per heavy atom. The minimum absolute atomic E-state index is 0.0463. The quantitative estimate of drug-likeness (QED) is 0.486. The van der Waals surface area contributed by atoms with Crippen molar-refractivity contribution in [1.82, 2.24) is 33.8 Å². The Bertz CT molecular complexity index is 1330. The average Bonchev–Trinajstić information content (AvgIpc) is 3.31. The molecule has 0 spiro atoms. The Labute approximate surface area is 178 Å². The number of aromatic nitrogens is 6. The number of carbonyl (C=O) groups excluding carboxylic acids is 1. The molecule has 10 heteroatoms. The summed E-state index contributed by atoms with van der Waals surface area (Å²) in [4.78, 5) is 38.6. The molecule has 10 nitrogen and oxygen atoms in total. The number of rotatable bonds is 4. The van der Waals surface area contributed by atoms with Gasteiger partial charge in [0.25, 0.3) is 0 Å². The maximum Gasteiger partial charge on any atom is 0.329 e. The number of nitrogens with zero attached hydrogens (tertiary/aromatic N) is 8. The average molecular weight is 420 g/mol. The molecule has 3 aromatic heterocycles. The van der Waals surface area contributed by atoms with E-state index in [1.165, 1.54) is 0 Å². The van der Waals surface area contributed by atoms with Gasteiger partial charge in [-0.05, 0) is 19.1 Å². The molecule has 0 atom stereocenters. The molecule has 1 aliphatic rings. The van der Waals surface area contributed by atoms with Crippen molar-refractivity contribution in [3.8, 4) is 0 Å². The van der Waals surface area contributed by atoms with Crippen LogP contribution in [0.2, 0.25) is 0 Å². The van der Waals surface area contributed by atoms with Crippen LogP contribution >= 0.6 is 0 Å². The van der Waals surface area contributed by atoms with Gasteiger partial charge in [0.05, 0.1) is 22.6 Å². The van der Waals surface area contributed by atoms with E-state index in [-0.39, 0.29) is 18.1 Å². The molecule has 4 aromatic rings. The molecule has 160 valence electrons. The Kier molecular flexibility index (Phi) is 4.68. The summed E-state index contributed by atoms with van der Waals surface area (Å²) in [6.07, 6.45) is 3.32. The molecule has 0 aliphatic carbocycles. The van der Waals surface area contributed by atoms with Crippen LogP contribution in [0.3, 0.4) is 0 Å². The highest BCUT2D eigenvalue weighted by molar-refractivity contribution is 5.87. The van der Waals surface area contributed by atoms with E-state index in [2.05, 4.69) is 20.0 Å². The highest BCUT2D eigenvalue weighted by Crippen LogP contribution is 2.23. The molecule has 0 unspecified atom stereocenters. The Balaban J connectivity index is 1.33. The number of anilines is 1. The zero-order valence-corrected chi connectivity index (χ0v) is 17.6. The Morgan fingerprint density at radius 2 is 1.74 bits per heavy atom. The van der Waals surface area contributed by atoms with Gasteiger partial charge in [0.15, 0.2) is 5.65 Å². The van der Waals surface area contributed by atoms with E-state index in [9.17, 15) is 9.59 Å². The number of para-hydroxylation sites is 2.